The zero-order chi connectivity index (χ0) is 13.2. The van der Waals surface area contributed by atoms with Crippen molar-refractivity contribution >= 4 is 0 Å². The van der Waals surface area contributed by atoms with Gasteiger partial charge in [0.05, 0.1) is 0 Å². The van der Waals surface area contributed by atoms with Gasteiger partial charge in [-0.2, -0.15) is 0 Å². The molecule has 0 aliphatic carbocycles. The quantitative estimate of drug-likeness (QED) is 0.860. The molecule has 0 bridgehead atoms. The summed E-state index contributed by atoms with van der Waals surface area (Å²) in [5.41, 5.74) is 0.911. The Bertz CT molecular complexity index is 456. The molecule has 3 rings (SSSR count). The van der Waals surface area contributed by atoms with Crippen molar-refractivity contribution in [3.05, 3.63) is 17.7 Å². The highest BCUT2D eigenvalue weighted by Gasteiger charge is 2.19. The summed E-state index contributed by atoms with van der Waals surface area (Å²) in [5, 5.41) is 10.1. The highest BCUT2D eigenvalue weighted by molar-refractivity contribution is 5.50. The van der Waals surface area contributed by atoms with Crippen LogP contribution in [0.5, 0.6) is 17.2 Å². The number of phenolic OH excluding ortho intramolecular Hbond substituents is 1. The van der Waals surface area contributed by atoms with Crippen molar-refractivity contribution < 1.29 is 14.6 Å². The lowest BCUT2D eigenvalue weighted by Crippen LogP contribution is -2.43. The number of piperazine rings is 1. The normalized spacial score (nSPS) is 20.5. The predicted molar refractivity (Wildman–Crippen MR) is 71.9 cm³/mol. The molecule has 1 fully saturated rings. The first-order chi connectivity index (χ1) is 9.22. The van der Waals surface area contributed by atoms with Crippen molar-refractivity contribution in [2.75, 3.05) is 46.4 Å². The van der Waals surface area contributed by atoms with E-state index in [1.165, 1.54) is 0 Å². The number of ether oxygens (including phenoxy) is 2. The second-order valence-electron chi connectivity index (χ2n) is 5.20. The van der Waals surface area contributed by atoms with Gasteiger partial charge in [-0.15, -0.1) is 0 Å². The SMILES string of the molecule is CN1CCN(Cc2cc3c(cc2O)OCCO3)CC1. The molecular formula is C14H20N2O3. The van der Waals surface area contributed by atoms with Crippen molar-refractivity contribution in [2.45, 2.75) is 6.54 Å². The fourth-order valence-electron chi connectivity index (χ4n) is 2.49. The zero-order valence-electron chi connectivity index (χ0n) is 11.3. The summed E-state index contributed by atoms with van der Waals surface area (Å²) in [5.74, 6) is 1.68. The van der Waals surface area contributed by atoms with E-state index < -0.39 is 0 Å². The number of likely N-dealkylation sites (N-methyl/N-ethyl adjacent to an activating group) is 1. The lowest BCUT2D eigenvalue weighted by Gasteiger charge is -2.32. The maximum Gasteiger partial charge on any atom is 0.165 e. The molecule has 0 atom stereocenters. The van der Waals surface area contributed by atoms with Crippen LogP contribution >= 0.6 is 0 Å². The summed E-state index contributed by atoms with van der Waals surface area (Å²) in [7, 11) is 2.14. The van der Waals surface area contributed by atoms with E-state index in [1.807, 2.05) is 6.07 Å². The summed E-state index contributed by atoms with van der Waals surface area (Å²) in [6.07, 6.45) is 0. The van der Waals surface area contributed by atoms with E-state index in [0.717, 1.165) is 44.0 Å². The third kappa shape index (κ3) is 2.77. The van der Waals surface area contributed by atoms with E-state index in [-0.39, 0.29) is 0 Å². The first-order valence-electron chi connectivity index (χ1n) is 6.75. The molecule has 0 amide bonds. The standard InChI is InChI=1S/C14H20N2O3/c1-15-2-4-16(5-3-15)10-11-8-13-14(9-12(11)17)19-7-6-18-13/h8-9,17H,2-7,10H2,1H3. The molecule has 2 aliphatic rings. The van der Waals surface area contributed by atoms with Crippen LogP contribution in [0.2, 0.25) is 0 Å². The number of rotatable bonds is 2. The molecule has 1 saturated heterocycles. The summed E-state index contributed by atoms with van der Waals surface area (Å²) in [4.78, 5) is 4.67. The van der Waals surface area contributed by atoms with Gasteiger partial charge < -0.3 is 19.5 Å². The van der Waals surface area contributed by atoms with Crippen LogP contribution in [0.25, 0.3) is 0 Å². The first-order valence-corrected chi connectivity index (χ1v) is 6.75. The van der Waals surface area contributed by atoms with Crippen LogP contribution in [-0.2, 0) is 6.54 Å². The summed E-state index contributed by atoms with van der Waals surface area (Å²) in [6.45, 7) is 6.09. The van der Waals surface area contributed by atoms with Crippen molar-refractivity contribution in [3.8, 4) is 17.2 Å². The molecule has 104 valence electrons. The third-order valence-corrected chi connectivity index (χ3v) is 3.73. The van der Waals surface area contributed by atoms with Gasteiger partial charge in [0.2, 0.25) is 0 Å². The van der Waals surface area contributed by atoms with Crippen LogP contribution in [0.1, 0.15) is 5.56 Å². The minimum Gasteiger partial charge on any atom is -0.507 e. The van der Waals surface area contributed by atoms with Crippen LogP contribution in [0, 0.1) is 0 Å². The molecule has 19 heavy (non-hydrogen) atoms. The maximum atomic E-state index is 10.1. The van der Waals surface area contributed by atoms with Gasteiger partial charge in [0.15, 0.2) is 11.5 Å². The molecule has 2 heterocycles. The number of nitrogens with zero attached hydrogens (tertiary/aromatic N) is 2. The van der Waals surface area contributed by atoms with Crippen molar-refractivity contribution in [1.29, 1.82) is 0 Å². The van der Waals surface area contributed by atoms with Crippen molar-refractivity contribution in [3.63, 3.8) is 0 Å². The number of fused-ring (bicyclic) bond motifs is 1. The molecule has 5 heteroatoms. The average molecular weight is 264 g/mol. The van der Waals surface area contributed by atoms with Gasteiger partial charge >= 0.3 is 0 Å². The molecule has 2 aliphatic heterocycles. The van der Waals surface area contributed by atoms with E-state index in [9.17, 15) is 5.11 Å². The number of benzene rings is 1. The first kappa shape index (κ1) is 12.6. The van der Waals surface area contributed by atoms with E-state index in [0.29, 0.717) is 24.7 Å². The van der Waals surface area contributed by atoms with Crippen LogP contribution < -0.4 is 9.47 Å². The van der Waals surface area contributed by atoms with Gasteiger partial charge in [-0.3, -0.25) is 4.90 Å². The average Bonchev–Trinajstić information content (AvgIpc) is 2.42. The Morgan fingerprint density at radius 1 is 1.05 bits per heavy atom. The van der Waals surface area contributed by atoms with Gasteiger partial charge in [0.1, 0.15) is 19.0 Å². The monoisotopic (exact) mass is 264 g/mol. The molecule has 1 aromatic carbocycles. The highest BCUT2D eigenvalue weighted by Crippen LogP contribution is 2.36. The molecule has 0 spiro atoms. The molecule has 0 saturated carbocycles. The molecule has 0 radical (unpaired) electrons. The summed E-state index contributed by atoms with van der Waals surface area (Å²) < 4.78 is 11.0. The van der Waals surface area contributed by atoms with Gasteiger partial charge in [-0.05, 0) is 13.1 Å². The second-order valence-corrected chi connectivity index (χ2v) is 5.20. The minimum atomic E-state index is 0.295. The van der Waals surface area contributed by atoms with E-state index in [4.69, 9.17) is 9.47 Å². The molecule has 1 N–H and O–H groups in total. The van der Waals surface area contributed by atoms with Crippen molar-refractivity contribution in [1.82, 2.24) is 9.80 Å². The lowest BCUT2D eigenvalue weighted by molar-refractivity contribution is 0.146. The molecule has 0 aromatic heterocycles. The van der Waals surface area contributed by atoms with Crippen molar-refractivity contribution in [2.24, 2.45) is 0 Å². The molecular weight excluding hydrogens is 244 g/mol. The van der Waals surface area contributed by atoms with Gasteiger partial charge in [-0.1, -0.05) is 0 Å². The molecule has 1 aromatic rings. The molecule has 0 unspecified atom stereocenters. The van der Waals surface area contributed by atoms with Gasteiger partial charge in [0.25, 0.3) is 0 Å². The Morgan fingerprint density at radius 2 is 1.68 bits per heavy atom. The Morgan fingerprint density at radius 3 is 2.37 bits per heavy atom. The maximum absolute atomic E-state index is 10.1. The zero-order valence-corrected chi connectivity index (χ0v) is 11.3. The second kappa shape index (κ2) is 5.27. The van der Waals surface area contributed by atoms with Crippen LogP contribution in [0.4, 0.5) is 0 Å². The Kier molecular flexibility index (Phi) is 3.48. The lowest BCUT2D eigenvalue weighted by atomic mass is 10.1. The van der Waals surface area contributed by atoms with E-state index in [2.05, 4.69) is 16.8 Å². The van der Waals surface area contributed by atoms with Gasteiger partial charge in [-0.25, -0.2) is 0 Å². The third-order valence-electron chi connectivity index (χ3n) is 3.73. The summed E-state index contributed by atoms with van der Waals surface area (Å²) >= 11 is 0. The van der Waals surface area contributed by atoms with E-state index >= 15 is 0 Å². The summed E-state index contributed by atoms with van der Waals surface area (Å²) in [6, 6.07) is 3.57. The smallest absolute Gasteiger partial charge is 0.165 e. The largest absolute Gasteiger partial charge is 0.507 e. The predicted octanol–water partition coefficient (Wildman–Crippen LogP) is 0.911. The fourth-order valence-corrected chi connectivity index (χ4v) is 2.49. The highest BCUT2D eigenvalue weighted by atomic mass is 16.6. The Labute approximate surface area is 113 Å². The Hall–Kier alpha value is -1.46. The number of aromatic hydroxyl groups is 1. The topological polar surface area (TPSA) is 45.2 Å². The number of hydrogen-bond acceptors (Lipinski definition) is 5. The van der Waals surface area contributed by atoms with Crippen LogP contribution in [0.3, 0.4) is 0 Å². The minimum absolute atomic E-state index is 0.295. The van der Waals surface area contributed by atoms with Crippen LogP contribution in [0.15, 0.2) is 12.1 Å². The Balaban J connectivity index is 1.73. The fraction of sp³-hybridized carbons (Fsp3) is 0.571. The number of phenols is 1. The molecule has 5 nitrogen and oxygen atoms in total. The van der Waals surface area contributed by atoms with Gasteiger partial charge in [0, 0.05) is 44.4 Å². The van der Waals surface area contributed by atoms with E-state index in [1.54, 1.807) is 6.07 Å². The van der Waals surface area contributed by atoms with Crippen LogP contribution in [-0.4, -0.2) is 61.3 Å². The number of hydrogen-bond donors (Lipinski definition) is 1.